The highest BCUT2D eigenvalue weighted by Gasteiger charge is 2.16. The lowest BCUT2D eigenvalue weighted by Crippen LogP contribution is -2.15. The van der Waals surface area contributed by atoms with E-state index in [9.17, 15) is 18.5 Å². The van der Waals surface area contributed by atoms with Crippen LogP contribution < -0.4 is 4.72 Å². The zero-order valence-electron chi connectivity index (χ0n) is 10.7. The number of sulfonamides is 1. The maximum atomic E-state index is 12.0. The van der Waals surface area contributed by atoms with E-state index >= 15 is 0 Å². The van der Waals surface area contributed by atoms with E-state index in [-0.39, 0.29) is 22.2 Å². The van der Waals surface area contributed by atoms with Crippen LogP contribution in [0.3, 0.4) is 0 Å². The predicted octanol–water partition coefficient (Wildman–Crippen LogP) is 3.19. The van der Waals surface area contributed by atoms with Crippen molar-refractivity contribution in [3.63, 3.8) is 0 Å². The van der Waals surface area contributed by atoms with Gasteiger partial charge in [0.25, 0.3) is 5.69 Å². The van der Waals surface area contributed by atoms with Gasteiger partial charge in [0.1, 0.15) is 5.02 Å². The highest BCUT2D eigenvalue weighted by Crippen LogP contribution is 2.28. The third-order valence-electron chi connectivity index (χ3n) is 2.62. The van der Waals surface area contributed by atoms with Gasteiger partial charge >= 0.3 is 0 Å². The molecule has 2 aromatic rings. The fourth-order valence-corrected chi connectivity index (χ4v) is 3.10. The van der Waals surface area contributed by atoms with Crippen molar-refractivity contribution in [1.29, 1.82) is 0 Å². The molecule has 1 N–H and O–H groups in total. The Morgan fingerprint density at radius 2 is 1.81 bits per heavy atom. The second-order valence-electron chi connectivity index (χ2n) is 4.27. The third-order valence-corrected chi connectivity index (χ3v) is 4.20. The minimum absolute atomic E-state index is 0.0500. The number of nitrogens with zero attached hydrogens (tertiary/aromatic N) is 1. The van der Waals surface area contributed by atoms with Gasteiger partial charge in [-0.15, -0.1) is 0 Å². The summed E-state index contributed by atoms with van der Waals surface area (Å²) in [6.07, 6.45) is 0. The molecule has 0 aliphatic heterocycles. The molecule has 0 aromatic heterocycles. The Morgan fingerprint density at radius 3 is 2.43 bits per heavy atom. The first kappa shape index (κ1) is 15.3. The topological polar surface area (TPSA) is 89.3 Å². The Balaban J connectivity index is 2.21. The van der Waals surface area contributed by atoms with Crippen LogP contribution >= 0.6 is 11.6 Å². The van der Waals surface area contributed by atoms with Crippen molar-refractivity contribution in [1.82, 2.24) is 0 Å². The van der Waals surface area contributed by atoms with E-state index in [0.29, 0.717) is 5.56 Å². The van der Waals surface area contributed by atoms with E-state index in [1.165, 1.54) is 12.1 Å². The summed E-state index contributed by atoms with van der Waals surface area (Å²) in [5.41, 5.74) is 0.368. The number of benzene rings is 2. The average Bonchev–Trinajstić information content (AvgIpc) is 2.41. The van der Waals surface area contributed by atoms with E-state index in [4.69, 9.17) is 11.6 Å². The standard InChI is InChI=1S/C13H11ClN2O4S/c14-12-7-6-11(8-13(12)16(17)18)15-21(19,20)9-10-4-2-1-3-5-10/h1-8,15H,9H2. The highest BCUT2D eigenvalue weighted by atomic mass is 35.5. The number of halogens is 1. The van der Waals surface area contributed by atoms with Crippen LogP contribution in [-0.4, -0.2) is 13.3 Å². The summed E-state index contributed by atoms with van der Waals surface area (Å²) in [4.78, 5) is 10.1. The number of nitro groups is 1. The summed E-state index contributed by atoms with van der Waals surface area (Å²) in [6, 6.07) is 12.4. The SMILES string of the molecule is O=[N+]([O-])c1cc(NS(=O)(=O)Cc2ccccc2)ccc1Cl. The smallest absolute Gasteiger partial charge is 0.283 e. The summed E-state index contributed by atoms with van der Waals surface area (Å²) in [7, 11) is -3.66. The zero-order valence-corrected chi connectivity index (χ0v) is 12.3. The third kappa shape index (κ3) is 4.17. The van der Waals surface area contributed by atoms with Gasteiger partial charge < -0.3 is 0 Å². The number of nitro benzene ring substituents is 1. The Bertz CT molecular complexity index is 763. The van der Waals surface area contributed by atoms with Gasteiger partial charge in [-0.1, -0.05) is 41.9 Å². The molecule has 0 atom stereocenters. The molecule has 0 saturated heterocycles. The van der Waals surface area contributed by atoms with E-state index in [0.717, 1.165) is 6.07 Å². The number of nitrogens with one attached hydrogen (secondary N) is 1. The van der Waals surface area contributed by atoms with Crippen LogP contribution in [0.15, 0.2) is 48.5 Å². The van der Waals surface area contributed by atoms with Gasteiger partial charge in [0.15, 0.2) is 0 Å². The molecule has 0 heterocycles. The molecule has 0 bridgehead atoms. The normalized spacial score (nSPS) is 11.1. The van der Waals surface area contributed by atoms with Crippen molar-refractivity contribution >= 4 is 33.0 Å². The molecule has 0 aliphatic rings. The van der Waals surface area contributed by atoms with Gasteiger partial charge in [-0.2, -0.15) is 0 Å². The maximum absolute atomic E-state index is 12.0. The molecule has 0 unspecified atom stereocenters. The molecular formula is C13H11ClN2O4S. The van der Waals surface area contributed by atoms with Gasteiger partial charge in [0, 0.05) is 6.07 Å². The van der Waals surface area contributed by atoms with E-state index in [1.807, 2.05) is 0 Å². The quantitative estimate of drug-likeness (QED) is 0.675. The van der Waals surface area contributed by atoms with Gasteiger partial charge in [0.05, 0.1) is 16.4 Å². The molecule has 0 fully saturated rings. The summed E-state index contributed by atoms with van der Waals surface area (Å²) < 4.78 is 26.3. The largest absolute Gasteiger partial charge is 0.289 e. The van der Waals surface area contributed by atoms with Crippen molar-refractivity contribution in [2.45, 2.75) is 5.75 Å². The Kier molecular flexibility index (Phi) is 4.44. The van der Waals surface area contributed by atoms with Crippen LogP contribution in [0.1, 0.15) is 5.56 Å². The Hall–Kier alpha value is -2.12. The molecule has 0 spiro atoms. The number of anilines is 1. The van der Waals surface area contributed by atoms with E-state index in [1.54, 1.807) is 30.3 Å². The zero-order chi connectivity index (χ0) is 15.5. The average molecular weight is 327 g/mol. The minimum Gasteiger partial charge on any atom is -0.283 e. The van der Waals surface area contributed by atoms with Gasteiger partial charge in [-0.05, 0) is 17.7 Å². The summed E-state index contributed by atoms with van der Waals surface area (Å²) in [5, 5.41) is 10.7. The van der Waals surface area contributed by atoms with Crippen molar-refractivity contribution in [3.8, 4) is 0 Å². The number of hydrogen-bond donors (Lipinski definition) is 1. The molecule has 21 heavy (non-hydrogen) atoms. The Labute approximate surface area is 126 Å². The second kappa shape index (κ2) is 6.11. The lowest BCUT2D eigenvalue weighted by molar-refractivity contribution is -0.384. The lowest BCUT2D eigenvalue weighted by Gasteiger charge is -2.08. The second-order valence-corrected chi connectivity index (χ2v) is 6.40. The minimum atomic E-state index is -3.66. The van der Waals surface area contributed by atoms with E-state index < -0.39 is 14.9 Å². The molecule has 6 nitrogen and oxygen atoms in total. The van der Waals surface area contributed by atoms with Crippen LogP contribution in [-0.2, 0) is 15.8 Å². The molecule has 0 saturated carbocycles. The van der Waals surface area contributed by atoms with Crippen molar-refractivity contribution < 1.29 is 13.3 Å². The monoisotopic (exact) mass is 326 g/mol. The first-order chi connectivity index (χ1) is 9.87. The van der Waals surface area contributed by atoms with Crippen LogP contribution in [0.4, 0.5) is 11.4 Å². The molecule has 8 heteroatoms. The van der Waals surface area contributed by atoms with Gasteiger partial charge in [0.2, 0.25) is 10.0 Å². The van der Waals surface area contributed by atoms with Crippen LogP contribution in [0.2, 0.25) is 5.02 Å². The molecular weight excluding hydrogens is 316 g/mol. The van der Waals surface area contributed by atoms with Crippen molar-refractivity contribution in [2.24, 2.45) is 0 Å². The molecule has 2 rings (SSSR count). The van der Waals surface area contributed by atoms with Crippen LogP contribution in [0, 0.1) is 10.1 Å². The number of hydrogen-bond acceptors (Lipinski definition) is 4. The van der Waals surface area contributed by atoms with Crippen LogP contribution in [0.5, 0.6) is 0 Å². The van der Waals surface area contributed by atoms with Crippen molar-refractivity contribution in [3.05, 3.63) is 69.2 Å². The predicted molar refractivity (Wildman–Crippen MR) is 80.8 cm³/mol. The lowest BCUT2D eigenvalue weighted by atomic mass is 10.2. The summed E-state index contributed by atoms with van der Waals surface area (Å²) >= 11 is 5.67. The number of rotatable bonds is 5. The maximum Gasteiger partial charge on any atom is 0.289 e. The summed E-state index contributed by atoms with van der Waals surface area (Å²) in [6.45, 7) is 0. The Morgan fingerprint density at radius 1 is 1.14 bits per heavy atom. The molecule has 2 aromatic carbocycles. The summed E-state index contributed by atoms with van der Waals surface area (Å²) in [5.74, 6) is -0.218. The first-order valence-electron chi connectivity index (χ1n) is 5.86. The fraction of sp³-hybridized carbons (Fsp3) is 0.0769. The highest BCUT2D eigenvalue weighted by molar-refractivity contribution is 7.91. The van der Waals surface area contributed by atoms with Gasteiger partial charge in [-0.3, -0.25) is 14.8 Å². The molecule has 0 aliphatic carbocycles. The molecule has 0 amide bonds. The molecule has 110 valence electrons. The van der Waals surface area contributed by atoms with Crippen molar-refractivity contribution in [2.75, 3.05) is 4.72 Å². The fourth-order valence-electron chi connectivity index (χ4n) is 1.73. The van der Waals surface area contributed by atoms with E-state index in [2.05, 4.69) is 4.72 Å². The van der Waals surface area contributed by atoms with Gasteiger partial charge in [-0.25, -0.2) is 8.42 Å². The molecule has 0 radical (unpaired) electrons. The first-order valence-corrected chi connectivity index (χ1v) is 7.89. The van der Waals surface area contributed by atoms with Crippen LogP contribution in [0.25, 0.3) is 0 Å².